The minimum atomic E-state index is -0.783. The summed E-state index contributed by atoms with van der Waals surface area (Å²) >= 11 is 0. The summed E-state index contributed by atoms with van der Waals surface area (Å²) in [7, 11) is 0. The van der Waals surface area contributed by atoms with E-state index in [0.717, 1.165) is 54.6 Å². The van der Waals surface area contributed by atoms with Gasteiger partial charge in [0.05, 0.1) is 11.4 Å². The third-order valence-electron chi connectivity index (χ3n) is 7.33. The summed E-state index contributed by atoms with van der Waals surface area (Å²) in [6.07, 6.45) is 4.91. The molecule has 1 fully saturated rings. The number of carbonyl (C=O) groups is 2. The van der Waals surface area contributed by atoms with Crippen LogP contribution in [0.25, 0.3) is 5.69 Å². The van der Waals surface area contributed by atoms with Gasteiger partial charge >= 0.3 is 0 Å². The second-order valence-electron chi connectivity index (χ2n) is 9.50. The highest BCUT2D eigenvalue weighted by Crippen LogP contribution is 2.43. The van der Waals surface area contributed by atoms with Crippen molar-refractivity contribution in [1.29, 1.82) is 0 Å². The van der Waals surface area contributed by atoms with Gasteiger partial charge in [-0.2, -0.15) is 5.10 Å². The Kier molecular flexibility index (Phi) is 6.41. The first-order chi connectivity index (χ1) is 17.0. The van der Waals surface area contributed by atoms with Gasteiger partial charge in [-0.25, -0.2) is 9.07 Å². The second kappa shape index (κ2) is 9.64. The molecule has 2 heterocycles. The van der Waals surface area contributed by atoms with Crippen LogP contribution in [0.5, 0.6) is 0 Å². The highest BCUT2D eigenvalue weighted by Gasteiger charge is 2.45. The molecular weight excluding hydrogens is 443 g/mol. The van der Waals surface area contributed by atoms with Crippen LogP contribution in [0.15, 0.2) is 54.6 Å². The van der Waals surface area contributed by atoms with E-state index in [2.05, 4.69) is 5.32 Å². The zero-order valence-electron chi connectivity index (χ0n) is 20.2. The number of amides is 2. The first-order valence-electron chi connectivity index (χ1n) is 12.5. The first-order valence-corrected chi connectivity index (χ1v) is 12.5. The minimum Gasteiger partial charge on any atom is -0.343 e. The van der Waals surface area contributed by atoms with Crippen molar-refractivity contribution in [1.82, 2.24) is 15.1 Å². The van der Waals surface area contributed by atoms with Crippen molar-refractivity contribution in [3.05, 3.63) is 77.2 Å². The molecule has 0 bridgehead atoms. The number of benzene rings is 2. The average molecular weight is 475 g/mol. The third kappa shape index (κ3) is 4.24. The highest BCUT2D eigenvalue weighted by molar-refractivity contribution is 6.03. The van der Waals surface area contributed by atoms with Crippen molar-refractivity contribution in [3.8, 4) is 5.69 Å². The van der Waals surface area contributed by atoms with Crippen molar-refractivity contribution < 1.29 is 14.0 Å². The first kappa shape index (κ1) is 23.3. The number of nitrogens with zero attached hydrogens (tertiary/aromatic N) is 3. The molecule has 6 nitrogen and oxygen atoms in total. The van der Waals surface area contributed by atoms with Gasteiger partial charge in [0.1, 0.15) is 17.7 Å². The summed E-state index contributed by atoms with van der Waals surface area (Å²) < 4.78 is 15.6. The van der Waals surface area contributed by atoms with E-state index in [1.54, 1.807) is 17.0 Å². The number of nitrogens with one attached hydrogen (secondary N) is 1. The van der Waals surface area contributed by atoms with Gasteiger partial charge in [-0.05, 0) is 56.5 Å². The lowest BCUT2D eigenvalue weighted by Crippen LogP contribution is -2.56. The Morgan fingerprint density at radius 3 is 2.40 bits per heavy atom. The van der Waals surface area contributed by atoms with Gasteiger partial charge in [0, 0.05) is 23.9 Å². The van der Waals surface area contributed by atoms with E-state index in [1.807, 2.05) is 48.9 Å². The summed E-state index contributed by atoms with van der Waals surface area (Å²) in [5.41, 5.74) is 3.30. The van der Waals surface area contributed by atoms with Crippen LogP contribution in [-0.4, -0.2) is 34.2 Å². The number of carbonyl (C=O) groups excluding carboxylic acids is 2. The lowest BCUT2D eigenvalue weighted by molar-refractivity contribution is -0.131. The molecule has 1 aliphatic carbocycles. The van der Waals surface area contributed by atoms with E-state index in [0.29, 0.717) is 12.4 Å². The molecule has 0 radical (unpaired) electrons. The molecule has 2 atom stereocenters. The van der Waals surface area contributed by atoms with Crippen LogP contribution in [0.3, 0.4) is 0 Å². The van der Waals surface area contributed by atoms with Crippen LogP contribution in [0.1, 0.15) is 61.8 Å². The predicted octanol–water partition coefficient (Wildman–Crippen LogP) is 4.88. The van der Waals surface area contributed by atoms with Crippen LogP contribution < -0.4 is 10.2 Å². The van der Waals surface area contributed by atoms with Gasteiger partial charge in [0.15, 0.2) is 0 Å². The zero-order chi connectivity index (χ0) is 24.5. The van der Waals surface area contributed by atoms with Gasteiger partial charge in [-0.1, -0.05) is 49.6 Å². The van der Waals surface area contributed by atoms with E-state index in [9.17, 15) is 14.0 Å². The second-order valence-corrected chi connectivity index (χ2v) is 9.50. The normalized spacial score (nSPS) is 20.5. The van der Waals surface area contributed by atoms with Crippen molar-refractivity contribution in [3.63, 3.8) is 0 Å². The number of rotatable bonds is 5. The van der Waals surface area contributed by atoms with Crippen LogP contribution >= 0.6 is 0 Å². The molecule has 1 unspecified atom stereocenters. The number of halogens is 1. The van der Waals surface area contributed by atoms with Crippen molar-refractivity contribution in [2.24, 2.45) is 5.92 Å². The quantitative estimate of drug-likeness (QED) is 0.573. The molecule has 35 heavy (non-hydrogen) atoms. The maximum atomic E-state index is 14.0. The molecule has 182 valence electrons. The lowest BCUT2D eigenvalue weighted by atomic mass is 9.80. The van der Waals surface area contributed by atoms with Crippen LogP contribution in [0.4, 0.5) is 10.2 Å². The molecule has 0 saturated heterocycles. The van der Waals surface area contributed by atoms with Gasteiger partial charge in [-0.15, -0.1) is 0 Å². The monoisotopic (exact) mass is 474 g/mol. The lowest BCUT2D eigenvalue weighted by Gasteiger charge is -2.39. The largest absolute Gasteiger partial charge is 0.343 e. The van der Waals surface area contributed by atoms with Gasteiger partial charge < -0.3 is 5.32 Å². The van der Waals surface area contributed by atoms with Crippen LogP contribution in [-0.2, 0) is 9.59 Å². The number of hydrogen-bond donors (Lipinski definition) is 1. The summed E-state index contributed by atoms with van der Waals surface area (Å²) in [6, 6.07) is 15.2. The topological polar surface area (TPSA) is 67.2 Å². The fourth-order valence-corrected chi connectivity index (χ4v) is 5.60. The number of para-hydroxylation sites is 1. The Morgan fingerprint density at radius 2 is 1.74 bits per heavy atom. The van der Waals surface area contributed by atoms with Gasteiger partial charge in [-0.3, -0.25) is 14.5 Å². The SMILES string of the molecule is CCN1C(=O)C(NC(=O)C2CCCCC2)[C@@H](c2ccc(F)cc2)c2c(C)nn(-c3ccccc3)c21. The van der Waals surface area contributed by atoms with E-state index in [-0.39, 0.29) is 23.5 Å². The van der Waals surface area contributed by atoms with Crippen molar-refractivity contribution in [2.45, 2.75) is 57.9 Å². The van der Waals surface area contributed by atoms with Crippen molar-refractivity contribution >= 4 is 17.6 Å². The molecule has 5 rings (SSSR count). The highest BCUT2D eigenvalue weighted by atomic mass is 19.1. The Bertz CT molecular complexity index is 1220. The average Bonchev–Trinajstić information content (AvgIpc) is 3.23. The summed E-state index contributed by atoms with van der Waals surface area (Å²) in [4.78, 5) is 29.0. The van der Waals surface area contributed by atoms with E-state index in [4.69, 9.17) is 5.10 Å². The molecule has 1 aliphatic heterocycles. The predicted molar refractivity (Wildman–Crippen MR) is 133 cm³/mol. The summed E-state index contributed by atoms with van der Waals surface area (Å²) in [5.74, 6) is -0.413. The maximum Gasteiger partial charge on any atom is 0.251 e. The summed E-state index contributed by atoms with van der Waals surface area (Å²) in [6.45, 7) is 4.30. The summed E-state index contributed by atoms with van der Waals surface area (Å²) in [5, 5.41) is 7.95. The van der Waals surface area contributed by atoms with E-state index in [1.165, 1.54) is 12.1 Å². The number of anilines is 1. The Hall–Kier alpha value is -3.48. The number of fused-ring (bicyclic) bond motifs is 1. The molecule has 1 aromatic heterocycles. The third-order valence-corrected chi connectivity index (χ3v) is 7.33. The number of hydrogen-bond acceptors (Lipinski definition) is 3. The molecule has 2 aromatic carbocycles. The van der Waals surface area contributed by atoms with Crippen LogP contribution in [0, 0.1) is 18.7 Å². The molecule has 2 aliphatic rings. The Labute approximate surface area is 205 Å². The molecular formula is C28H31FN4O2. The molecule has 1 saturated carbocycles. The number of likely N-dealkylation sites (N-methyl/N-ethyl adjacent to an activating group) is 1. The number of aromatic nitrogens is 2. The van der Waals surface area contributed by atoms with Gasteiger partial charge in [0.25, 0.3) is 5.91 Å². The fourth-order valence-electron chi connectivity index (χ4n) is 5.60. The van der Waals surface area contributed by atoms with Gasteiger partial charge in [0.2, 0.25) is 5.91 Å². The standard InChI is InChI=1S/C28H31FN4O2/c1-3-32-27-23(18(2)31-33(27)22-12-8-5-9-13-22)24(19-14-16-21(29)17-15-19)25(28(32)35)30-26(34)20-10-6-4-7-11-20/h5,8-9,12-17,20,24-25H,3-4,6-7,10-11H2,1-2H3,(H,30,34)/t24-,25?/m0/s1. The van der Waals surface area contributed by atoms with E-state index >= 15 is 0 Å². The molecule has 2 amide bonds. The Morgan fingerprint density at radius 1 is 1.06 bits per heavy atom. The molecule has 1 N–H and O–H groups in total. The van der Waals surface area contributed by atoms with E-state index < -0.39 is 12.0 Å². The van der Waals surface area contributed by atoms with Crippen LogP contribution in [0.2, 0.25) is 0 Å². The zero-order valence-corrected chi connectivity index (χ0v) is 20.2. The molecule has 3 aromatic rings. The smallest absolute Gasteiger partial charge is 0.251 e. The molecule has 0 spiro atoms. The van der Waals surface area contributed by atoms with Crippen molar-refractivity contribution in [2.75, 3.05) is 11.4 Å². The molecule has 7 heteroatoms. The fraction of sp³-hybridized carbons (Fsp3) is 0.393. The number of aryl methyl sites for hydroxylation is 1. The maximum absolute atomic E-state index is 14.0. The minimum absolute atomic E-state index is 0.0669. The Balaban J connectivity index is 1.65.